The van der Waals surface area contributed by atoms with E-state index < -0.39 is 9.85 Å². The van der Waals surface area contributed by atoms with Crippen LogP contribution >= 0.6 is 0 Å². The zero-order valence-electron chi connectivity index (χ0n) is 17.8. The normalized spacial score (nSPS) is 10.2. The molecule has 0 unspecified atom stereocenters. The SMILES string of the molecule is COc1ccc(CCNc2ncnc(NNc3ccc([N+](=O)[O-])cc3)c2[N+](=O)[O-])cc1OC. The van der Waals surface area contributed by atoms with Crippen molar-refractivity contribution in [3.63, 3.8) is 0 Å². The zero-order valence-corrected chi connectivity index (χ0v) is 17.8. The Balaban J connectivity index is 1.68. The molecule has 0 spiro atoms. The quantitative estimate of drug-likeness (QED) is 0.286. The molecule has 1 aromatic heterocycles. The fourth-order valence-electron chi connectivity index (χ4n) is 2.93. The van der Waals surface area contributed by atoms with Crippen LogP contribution < -0.4 is 25.6 Å². The molecule has 1 heterocycles. The van der Waals surface area contributed by atoms with E-state index in [1.54, 1.807) is 20.3 Å². The minimum Gasteiger partial charge on any atom is -0.493 e. The molecule has 0 fully saturated rings. The van der Waals surface area contributed by atoms with E-state index in [-0.39, 0.29) is 23.0 Å². The number of anilines is 3. The number of nitro groups is 2. The van der Waals surface area contributed by atoms with Gasteiger partial charge in [0, 0.05) is 18.7 Å². The third-order valence-corrected chi connectivity index (χ3v) is 4.56. The first-order valence-electron chi connectivity index (χ1n) is 9.63. The number of rotatable bonds is 11. The Kier molecular flexibility index (Phi) is 7.36. The fraction of sp³-hybridized carbons (Fsp3) is 0.200. The van der Waals surface area contributed by atoms with Crippen LogP contribution in [-0.2, 0) is 6.42 Å². The van der Waals surface area contributed by atoms with Crippen LogP contribution in [0.1, 0.15) is 5.56 Å². The van der Waals surface area contributed by atoms with Gasteiger partial charge in [0.25, 0.3) is 5.69 Å². The lowest BCUT2D eigenvalue weighted by Crippen LogP contribution is -2.15. The van der Waals surface area contributed by atoms with E-state index in [1.165, 1.54) is 30.6 Å². The second-order valence-corrected chi connectivity index (χ2v) is 6.60. The molecule has 13 nitrogen and oxygen atoms in total. The largest absolute Gasteiger partial charge is 0.493 e. The number of hydrazine groups is 1. The lowest BCUT2D eigenvalue weighted by atomic mass is 10.1. The molecule has 3 aromatic rings. The first-order chi connectivity index (χ1) is 15.9. The number of benzene rings is 2. The molecule has 172 valence electrons. The monoisotopic (exact) mass is 455 g/mol. The van der Waals surface area contributed by atoms with Gasteiger partial charge >= 0.3 is 5.69 Å². The molecule has 0 saturated carbocycles. The number of nitrogens with one attached hydrogen (secondary N) is 3. The topological polar surface area (TPSA) is 167 Å². The van der Waals surface area contributed by atoms with E-state index in [9.17, 15) is 20.2 Å². The first kappa shape index (κ1) is 23.0. The van der Waals surface area contributed by atoms with Crippen LogP contribution in [0, 0.1) is 20.2 Å². The maximum absolute atomic E-state index is 11.7. The molecule has 0 amide bonds. The molecule has 0 atom stereocenters. The van der Waals surface area contributed by atoms with Gasteiger partial charge in [0.2, 0.25) is 11.6 Å². The van der Waals surface area contributed by atoms with Crippen molar-refractivity contribution in [3.05, 3.63) is 74.6 Å². The van der Waals surface area contributed by atoms with Crippen molar-refractivity contribution in [1.29, 1.82) is 0 Å². The van der Waals surface area contributed by atoms with Crippen molar-refractivity contribution in [2.45, 2.75) is 6.42 Å². The van der Waals surface area contributed by atoms with Crippen molar-refractivity contribution in [3.8, 4) is 11.5 Å². The number of hydrogen-bond acceptors (Lipinski definition) is 11. The first-order valence-corrected chi connectivity index (χ1v) is 9.63. The Bertz CT molecular complexity index is 1140. The Morgan fingerprint density at radius 1 is 0.879 bits per heavy atom. The summed E-state index contributed by atoms with van der Waals surface area (Å²) in [6.07, 6.45) is 1.73. The van der Waals surface area contributed by atoms with Crippen LogP contribution in [0.25, 0.3) is 0 Å². The molecular formula is C20H21N7O6. The highest BCUT2D eigenvalue weighted by molar-refractivity contribution is 5.70. The second-order valence-electron chi connectivity index (χ2n) is 6.60. The Morgan fingerprint density at radius 2 is 1.58 bits per heavy atom. The number of methoxy groups -OCH3 is 2. The molecule has 0 radical (unpaired) electrons. The lowest BCUT2D eigenvalue weighted by Gasteiger charge is -2.12. The molecule has 3 rings (SSSR count). The third-order valence-electron chi connectivity index (χ3n) is 4.56. The van der Waals surface area contributed by atoms with E-state index >= 15 is 0 Å². The maximum atomic E-state index is 11.7. The van der Waals surface area contributed by atoms with Crippen LogP contribution in [0.15, 0.2) is 48.8 Å². The summed E-state index contributed by atoms with van der Waals surface area (Å²) in [5.74, 6) is 1.18. The summed E-state index contributed by atoms with van der Waals surface area (Å²) in [6.45, 7) is 0.364. The number of aromatic nitrogens is 2. The van der Waals surface area contributed by atoms with Gasteiger partial charge in [-0.1, -0.05) is 6.07 Å². The second kappa shape index (κ2) is 10.6. The van der Waals surface area contributed by atoms with Gasteiger partial charge in [0.05, 0.1) is 29.8 Å². The standard InChI is InChI=1S/C20H21N7O6/c1-32-16-8-3-13(11-17(16)33-2)9-10-21-19-18(27(30)31)20(23-12-22-19)25-24-14-4-6-15(7-5-14)26(28)29/h3-8,11-12,24H,9-10H2,1-2H3,(H2,21,22,23,25). The summed E-state index contributed by atoms with van der Waals surface area (Å²) in [4.78, 5) is 29.2. The van der Waals surface area contributed by atoms with Gasteiger partial charge in [0.15, 0.2) is 11.5 Å². The molecular weight excluding hydrogens is 434 g/mol. The van der Waals surface area contributed by atoms with Gasteiger partial charge in [-0.15, -0.1) is 0 Å². The molecule has 0 aliphatic carbocycles. The van der Waals surface area contributed by atoms with Crippen LogP contribution in [-0.4, -0.2) is 40.6 Å². The van der Waals surface area contributed by atoms with Crippen LogP contribution in [0.4, 0.5) is 28.7 Å². The minimum atomic E-state index is -0.599. The Labute approximate surface area is 188 Å². The zero-order chi connectivity index (χ0) is 23.8. The number of nitrogens with zero attached hydrogens (tertiary/aromatic N) is 4. The fourth-order valence-corrected chi connectivity index (χ4v) is 2.93. The summed E-state index contributed by atoms with van der Waals surface area (Å²) in [5.41, 5.74) is 6.36. The smallest absolute Gasteiger partial charge is 0.354 e. The predicted octanol–water partition coefficient (Wildman–Crippen LogP) is 3.40. The maximum Gasteiger partial charge on any atom is 0.354 e. The van der Waals surface area contributed by atoms with E-state index in [4.69, 9.17) is 9.47 Å². The number of ether oxygens (including phenoxy) is 2. The molecule has 0 bridgehead atoms. The number of hydrogen-bond donors (Lipinski definition) is 3. The van der Waals surface area contributed by atoms with E-state index in [0.717, 1.165) is 5.56 Å². The van der Waals surface area contributed by atoms with E-state index in [0.29, 0.717) is 30.2 Å². The van der Waals surface area contributed by atoms with Crippen LogP contribution in [0.5, 0.6) is 11.5 Å². The highest BCUT2D eigenvalue weighted by Crippen LogP contribution is 2.30. The molecule has 0 saturated heterocycles. The predicted molar refractivity (Wildman–Crippen MR) is 121 cm³/mol. The van der Waals surface area contributed by atoms with Crippen molar-refractivity contribution < 1.29 is 19.3 Å². The molecule has 0 aliphatic rings. The summed E-state index contributed by atoms with van der Waals surface area (Å²) in [5, 5.41) is 25.4. The Hall–Kier alpha value is -4.68. The van der Waals surface area contributed by atoms with Gasteiger partial charge in [-0.25, -0.2) is 9.97 Å². The average molecular weight is 455 g/mol. The van der Waals surface area contributed by atoms with Crippen molar-refractivity contribution >= 4 is 28.7 Å². The van der Waals surface area contributed by atoms with Gasteiger partial charge in [-0.05, 0) is 36.2 Å². The van der Waals surface area contributed by atoms with Crippen LogP contribution in [0.2, 0.25) is 0 Å². The highest BCUT2D eigenvalue weighted by Gasteiger charge is 2.23. The minimum absolute atomic E-state index is 0.0449. The molecule has 2 aromatic carbocycles. The van der Waals surface area contributed by atoms with E-state index in [2.05, 4.69) is 26.1 Å². The lowest BCUT2D eigenvalue weighted by molar-refractivity contribution is -0.384. The highest BCUT2D eigenvalue weighted by atomic mass is 16.6. The van der Waals surface area contributed by atoms with Gasteiger partial charge < -0.3 is 14.8 Å². The van der Waals surface area contributed by atoms with Crippen molar-refractivity contribution in [2.75, 3.05) is 36.9 Å². The molecule has 3 N–H and O–H groups in total. The number of nitro benzene ring substituents is 1. The summed E-state index contributed by atoms with van der Waals surface area (Å²) in [6, 6.07) is 11.0. The van der Waals surface area contributed by atoms with Crippen molar-refractivity contribution in [2.24, 2.45) is 0 Å². The third kappa shape index (κ3) is 5.72. The number of non-ortho nitro benzene ring substituents is 1. The van der Waals surface area contributed by atoms with Gasteiger partial charge in [-0.3, -0.25) is 31.1 Å². The Morgan fingerprint density at radius 3 is 2.21 bits per heavy atom. The molecule has 13 heteroatoms. The van der Waals surface area contributed by atoms with Gasteiger partial charge in [0.1, 0.15) is 6.33 Å². The van der Waals surface area contributed by atoms with E-state index in [1.807, 2.05) is 12.1 Å². The van der Waals surface area contributed by atoms with Crippen LogP contribution in [0.3, 0.4) is 0 Å². The molecule has 0 aliphatic heterocycles. The summed E-state index contributed by atoms with van der Waals surface area (Å²) in [7, 11) is 3.10. The summed E-state index contributed by atoms with van der Waals surface area (Å²) >= 11 is 0. The van der Waals surface area contributed by atoms with Crippen molar-refractivity contribution in [1.82, 2.24) is 9.97 Å². The average Bonchev–Trinajstić information content (AvgIpc) is 2.82. The summed E-state index contributed by atoms with van der Waals surface area (Å²) < 4.78 is 10.5. The molecule has 33 heavy (non-hydrogen) atoms. The van der Waals surface area contributed by atoms with Gasteiger partial charge in [-0.2, -0.15) is 0 Å².